The summed E-state index contributed by atoms with van der Waals surface area (Å²) in [6.45, 7) is 1.81. The normalized spacial score (nSPS) is 12.5. The molecule has 0 aliphatic rings. The highest BCUT2D eigenvalue weighted by Crippen LogP contribution is 2.24. The van der Waals surface area contributed by atoms with Crippen molar-refractivity contribution in [2.45, 2.75) is 19.4 Å². The summed E-state index contributed by atoms with van der Waals surface area (Å²) in [5.74, 6) is -1.00. The topological polar surface area (TPSA) is 85.4 Å². The van der Waals surface area contributed by atoms with Crippen molar-refractivity contribution in [3.05, 3.63) is 10.6 Å². The third-order valence-electron chi connectivity index (χ3n) is 1.77. The highest BCUT2D eigenvalue weighted by molar-refractivity contribution is 7.13. The maximum atomic E-state index is 10.5. The predicted molar refractivity (Wildman–Crippen MR) is 52.7 cm³/mol. The second-order valence-corrected chi connectivity index (χ2v) is 3.89. The van der Waals surface area contributed by atoms with Crippen LogP contribution in [0.5, 0.6) is 5.19 Å². The Bertz CT molecular complexity index is 337. The number of carbonyl (C=O) groups is 1. The molecule has 0 aromatic carbocycles. The van der Waals surface area contributed by atoms with Crippen molar-refractivity contribution in [2.24, 2.45) is 5.73 Å². The van der Waals surface area contributed by atoms with Crippen LogP contribution in [0.4, 0.5) is 0 Å². The van der Waals surface area contributed by atoms with Crippen LogP contribution in [0.15, 0.2) is 0 Å². The maximum Gasteiger partial charge on any atom is 0.320 e. The van der Waals surface area contributed by atoms with Crippen molar-refractivity contribution in [1.29, 1.82) is 0 Å². The summed E-state index contributed by atoms with van der Waals surface area (Å²) >= 11 is 1.33. The number of hydrogen-bond donors (Lipinski definition) is 2. The summed E-state index contributed by atoms with van der Waals surface area (Å²) < 4.78 is 4.94. The van der Waals surface area contributed by atoms with Gasteiger partial charge >= 0.3 is 5.97 Å². The fourth-order valence-corrected chi connectivity index (χ4v) is 1.90. The summed E-state index contributed by atoms with van der Waals surface area (Å²) in [7, 11) is 1.53. The number of methoxy groups -OCH3 is 1. The molecule has 1 heterocycles. The van der Waals surface area contributed by atoms with Gasteiger partial charge in [-0.1, -0.05) is 11.3 Å². The Morgan fingerprint density at radius 3 is 2.86 bits per heavy atom. The van der Waals surface area contributed by atoms with Crippen LogP contribution >= 0.6 is 11.3 Å². The molecule has 0 aliphatic heterocycles. The molecule has 0 saturated carbocycles. The standard InChI is InChI=1S/C8H12N2O3S/c1-4-6(3-5(9)7(11)12)14-8(10-4)13-2/h5H,3,9H2,1-2H3,(H,11,12). The second-order valence-electron chi connectivity index (χ2n) is 2.84. The first-order chi connectivity index (χ1) is 6.54. The summed E-state index contributed by atoms with van der Waals surface area (Å²) in [6, 6.07) is -0.876. The van der Waals surface area contributed by atoms with Gasteiger partial charge in [0.05, 0.1) is 12.8 Å². The van der Waals surface area contributed by atoms with Crippen LogP contribution in [-0.4, -0.2) is 29.2 Å². The van der Waals surface area contributed by atoms with E-state index in [0.717, 1.165) is 10.6 Å². The predicted octanol–water partition coefficient (Wildman–Crippen LogP) is 0.415. The van der Waals surface area contributed by atoms with Crippen LogP contribution in [0.3, 0.4) is 0 Å². The number of aryl methyl sites for hydroxylation is 1. The summed E-state index contributed by atoms with van der Waals surface area (Å²) in [6.07, 6.45) is 0.294. The van der Waals surface area contributed by atoms with E-state index in [1.54, 1.807) is 0 Å². The number of nitrogens with two attached hydrogens (primary N) is 1. The molecule has 0 saturated heterocycles. The summed E-state index contributed by atoms with van der Waals surface area (Å²) in [4.78, 5) is 15.5. The number of hydrogen-bond acceptors (Lipinski definition) is 5. The van der Waals surface area contributed by atoms with Crippen LogP contribution in [0.25, 0.3) is 0 Å². The van der Waals surface area contributed by atoms with Crippen molar-refractivity contribution in [3.63, 3.8) is 0 Å². The molecule has 0 bridgehead atoms. The fraction of sp³-hybridized carbons (Fsp3) is 0.500. The first-order valence-corrected chi connectivity index (χ1v) is 4.85. The van der Waals surface area contributed by atoms with Crippen molar-refractivity contribution in [2.75, 3.05) is 7.11 Å². The number of ether oxygens (including phenoxy) is 1. The lowest BCUT2D eigenvalue weighted by Crippen LogP contribution is -2.32. The molecular formula is C8H12N2O3S. The molecule has 6 heteroatoms. The largest absolute Gasteiger partial charge is 0.480 e. The first-order valence-electron chi connectivity index (χ1n) is 4.03. The van der Waals surface area contributed by atoms with Gasteiger partial charge in [-0.05, 0) is 6.92 Å². The zero-order chi connectivity index (χ0) is 10.7. The quantitative estimate of drug-likeness (QED) is 0.761. The zero-order valence-electron chi connectivity index (χ0n) is 7.98. The smallest absolute Gasteiger partial charge is 0.320 e. The monoisotopic (exact) mass is 216 g/mol. The number of aromatic nitrogens is 1. The Morgan fingerprint density at radius 2 is 2.43 bits per heavy atom. The lowest BCUT2D eigenvalue weighted by molar-refractivity contribution is -0.138. The Kier molecular flexibility index (Phi) is 3.43. The molecule has 1 aromatic rings. The Morgan fingerprint density at radius 1 is 1.79 bits per heavy atom. The van der Waals surface area contributed by atoms with Gasteiger partial charge in [0.15, 0.2) is 0 Å². The van der Waals surface area contributed by atoms with Crippen molar-refractivity contribution in [3.8, 4) is 5.19 Å². The Balaban J connectivity index is 2.75. The van der Waals surface area contributed by atoms with E-state index in [1.807, 2.05) is 6.92 Å². The van der Waals surface area contributed by atoms with E-state index >= 15 is 0 Å². The third-order valence-corrected chi connectivity index (χ3v) is 2.91. The molecule has 0 radical (unpaired) electrons. The van der Waals surface area contributed by atoms with Gasteiger partial charge in [0.1, 0.15) is 6.04 Å². The van der Waals surface area contributed by atoms with E-state index in [9.17, 15) is 4.79 Å². The second kappa shape index (κ2) is 4.39. The zero-order valence-corrected chi connectivity index (χ0v) is 8.80. The van der Waals surface area contributed by atoms with Gasteiger partial charge in [0.2, 0.25) is 0 Å². The minimum atomic E-state index is -1.00. The molecule has 0 fully saturated rings. The van der Waals surface area contributed by atoms with Gasteiger partial charge in [-0.3, -0.25) is 4.79 Å². The molecular weight excluding hydrogens is 204 g/mol. The molecule has 0 amide bonds. The van der Waals surface area contributed by atoms with Crippen molar-refractivity contribution >= 4 is 17.3 Å². The number of thiazole rings is 1. The molecule has 1 aromatic heterocycles. The van der Waals surface area contributed by atoms with Gasteiger partial charge in [-0.2, -0.15) is 0 Å². The third kappa shape index (κ3) is 2.43. The van der Waals surface area contributed by atoms with E-state index in [4.69, 9.17) is 15.6 Å². The first kappa shape index (κ1) is 10.9. The van der Waals surface area contributed by atoms with Crippen LogP contribution in [0, 0.1) is 6.92 Å². The van der Waals surface area contributed by atoms with Crippen LogP contribution in [-0.2, 0) is 11.2 Å². The average Bonchev–Trinajstić information content (AvgIpc) is 2.47. The number of rotatable bonds is 4. The molecule has 0 spiro atoms. The van der Waals surface area contributed by atoms with Crippen LogP contribution < -0.4 is 10.5 Å². The lowest BCUT2D eigenvalue weighted by atomic mass is 10.2. The summed E-state index contributed by atoms with van der Waals surface area (Å²) in [5.41, 5.74) is 6.19. The average molecular weight is 216 g/mol. The maximum absolute atomic E-state index is 10.5. The van der Waals surface area contributed by atoms with Crippen LogP contribution in [0.1, 0.15) is 10.6 Å². The van der Waals surface area contributed by atoms with Gasteiger partial charge in [0, 0.05) is 11.3 Å². The Labute approximate surface area is 85.5 Å². The molecule has 1 atom stereocenters. The lowest BCUT2D eigenvalue weighted by Gasteiger charge is -2.03. The number of carboxylic acids is 1. The van der Waals surface area contributed by atoms with E-state index in [2.05, 4.69) is 4.98 Å². The van der Waals surface area contributed by atoms with Crippen molar-refractivity contribution in [1.82, 2.24) is 4.98 Å². The van der Waals surface area contributed by atoms with E-state index < -0.39 is 12.0 Å². The molecule has 14 heavy (non-hydrogen) atoms. The number of aliphatic carboxylic acids is 1. The SMILES string of the molecule is COc1nc(C)c(CC(N)C(=O)O)s1. The van der Waals surface area contributed by atoms with E-state index in [-0.39, 0.29) is 0 Å². The van der Waals surface area contributed by atoms with Crippen molar-refractivity contribution < 1.29 is 14.6 Å². The number of nitrogens with zero attached hydrogens (tertiary/aromatic N) is 1. The molecule has 5 nitrogen and oxygen atoms in total. The van der Waals surface area contributed by atoms with Crippen LogP contribution in [0.2, 0.25) is 0 Å². The minimum absolute atomic E-state index is 0.294. The van der Waals surface area contributed by atoms with Gasteiger partial charge < -0.3 is 15.6 Å². The minimum Gasteiger partial charge on any atom is -0.480 e. The molecule has 1 rings (SSSR count). The Hall–Kier alpha value is -1.14. The highest BCUT2D eigenvalue weighted by Gasteiger charge is 2.16. The molecule has 1 unspecified atom stereocenters. The molecule has 78 valence electrons. The van der Waals surface area contributed by atoms with E-state index in [0.29, 0.717) is 11.6 Å². The highest BCUT2D eigenvalue weighted by atomic mass is 32.1. The number of carboxylic acid groups (broad SMARTS) is 1. The van der Waals surface area contributed by atoms with Gasteiger partial charge in [0.25, 0.3) is 5.19 Å². The fourth-order valence-electron chi connectivity index (χ4n) is 0.965. The summed E-state index contributed by atoms with van der Waals surface area (Å²) in [5, 5.41) is 9.16. The molecule has 0 aliphatic carbocycles. The van der Waals surface area contributed by atoms with Gasteiger partial charge in [-0.25, -0.2) is 4.98 Å². The van der Waals surface area contributed by atoms with Gasteiger partial charge in [-0.15, -0.1) is 0 Å². The van der Waals surface area contributed by atoms with E-state index in [1.165, 1.54) is 18.4 Å². The molecule has 3 N–H and O–H groups in total.